The first-order valence-corrected chi connectivity index (χ1v) is 7.67. The SMILES string of the molecule is Cc1ccc(C(=O)N2C[C@H](O)[C@@H](O)C2C(=O)NC(C)C)s1. The Morgan fingerprint density at radius 3 is 2.57 bits per heavy atom. The molecule has 0 aromatic carbocycles. The highest BCUT2D eigenvalue weighted by atomic mass is 32.1. The Morgan fingerprint density at radius 2 is 2.05 bits per heavy atom. The summed E-state index contributed by atoms with van der Waals surface area (Å²) in [5.41, 5.74) is 0. The standard InChI is InChI=1S/C14H20N2O4S/c1-7(2)15-13(19)11-12(18)9(17)6-16(11)14(20)10-5-4-8(3)21-10/h4-5,7,9,11-12,17-18H,6H2,1-3H3,(H,15,19)/t9-,11?,12+/m0/s1. The van der Waals surface area contributed by atoms with Crippen LogP contribution in [-0.2, 0) is 4.79 Å². The molecule has 1 unspecified atom stereocenters. The highest BCUT2D eigenvalue weighted by Crippen LogP contribution is 2.24. The number of hydrogen-bond donors (Lipinski definition) is 3. The maximum atomic E-state index is 12.5. The molecule has 0 bridgehead atoms. The number of carbonyl (C=O) groups excluding carboxylic acids is 2. The van der Waals surface area contributed by atoms with E-state index in [2.05, 4.69) is 5.32 Å². The Bertz CT molecular complexity index is 543. The van der Waals surface area contributed by atoms with E-state index in [0.717, 1.165) is 4.88 Å². The van der Waals surface area contributed by atoms with Crippen LogP contribution < -0.4 is 5.32 Å². The maximum absolute atomic E-state index is 12.5. The van der Waals surface area contributed by atoms with E-state index in [1.54, 1.807) is 19.9 Å². The summed E-state index contributed by atoms with van der Waals surface area (Å²) in [6, 6.07) is 2.35. The molecule has 2 amide bonds. The van der Waals surface area contributed by atoms with Gasteiger partial charge in [-0.1, -0.05) is 0 Å². The number of aryl methyl sites for hydroxylation is 1. The fourth-order valence-corrected chi connectivity index (χ4v) is 3.21. The minimum atomic E-state index is -1.27. The molecule has 1 aliphatic heterocycles. The van der Waals surface area contributed by atoms with Gasteiger partial charge in [-0.05, 0) is 32.9 Å². The van der Waals surface area contributed by atoms with Crippen LogP contribution in [0.5, 0.6) is 0 Å². The second-order valence-corrected chi connectivity index (χ2v) is 6.82. The number of carbonyl (C=O) groups is 2. The van der Waals surface area contributed by atoms with Crippen LogP contribution in [0.15, 0.2) is 12.1 Å². The lowest BCUT2D eigenvalue weighted by Gasteiger charge is -2.25. The molecule has 1 fully saturated rings. The Hall–Kier alpha value is -1.44. The quantitative estimate of drug-likeness (QED) is 0.740. The van der Waals surface area contributed by atoms with E-state index in [4.69, 9.17) is 0 Å². The third-order valence-corrected chi connectivity index (χ3v) is 4.34. The number of amides is 2. The summed E-state index contributed by atoms with van der Waals surface area (Å²) in [6.45, 7) is 5.43. The molecular formula is C14H20N2O4S. The van der Waals surface area contributed by atoms with E-state index in [0.29, 0.717) is 4.88 Å². The van der Waals surface area contributed by atoms with Crippen molar-refractivity contribution in [2.75, 3.05) is 6.54 Å². The van der Waals surface area contributed by atoms with Crippen LogP contribution >= 0.6 is 11.3 Å². The predicted molar refractivity (Wildman–Crippen MR) is 79.2 cm³/mol. The van der Waals surface area contributed by atoms with Crippen LogP contribution in [0, 0.1) is 6.92 Å². The molecular weight excluding hydrogens is 292 g/mol. The summed E-state index contributed by atoms with van der Waals surface area (Å²) in [4.78, 5) is 27.4. The third-order valence-electron chi connectivity index (χ3n) is 3.35. The number of hydrogen-bond acceptors (Lipinski definition) is 5. The van der Waals surface area contributed by atoms with Crippen LogP contribution in [0.1, 0.15) is 28.4 Å². The van der Waals surface area contributed by atoms with E-state index in [-0.39, 0.29) is 18.5 Å². The van der Waals surface area contributed by atoms with Crippen molar-refractivity contribution in [1.29, 1.82) is 0 Å². The summed E-state index contributed by atoms with van der Waals surface area (Å²) >= 11 is 1.33. The third kappa shape index (κ3) is 3.25. The van der Waals surface area contributed by atoms with Gasteiger partial charge in [0.25, 0.3) is 5.91 Å². The molecule has 7 heteroatoms. The summed E-state index contributed by atoms with van der Waals surface area (Å²) in [7, 11) is 0. The molecule has 0 aliphatic carbocycles. The minimum Gasteiger partial charge on any atom is -0.388 e. The minimum absolute atomic E-state index is 0.0485. The molecule has 116 valence electrons. The fourth-order valence-electron chi connectivity index (χ4n) is 2.38. The zero-order valence-corrected chi connectivity index (χ0v) is 13.1. The van der Waals surface area contributed by atoms with Crippen molar-refractivity contribution in [3.63, 3.8) is 0 Å². The smallest absolute Gasteiger partial charge is 0.264 e. The molecule has 0 radical (unpaired) electrons. The van der Waals surface area contributed by atoms with Crippen molar-refractivity contribution in [3.05, 3.63) is 21.9 Å². The van der Waals surface area contributed by atoms with Crippen LogP contribution in [-0.4, -0.2) is 57.8 Å². The molecule has 2 rings (SSSR count). The van der Waals surface area contributed by atoms with Crippen molar-refractivity contribution in [3.8, 4) is 0 Å². The van der Waals surface area contributed by atoms with Crippen LogP contribution in [0.3, 0.4) is 0 Å². The molecule has 1 aromatic rings. The van der Waals surface area contributed by atoms with Crippen molar-refractivity contribution in [2.45, 2.75) is 45.1 Å². The van der Waals surface area contributed by atoms with Crippen molar-refractivity contribution in [2.24, 2.45) is 0 Å². The Kier molecular flexibility index (Phi) is 4.65. The van der Waals surface area contributed by atoms with Crippen LogP contribution in [0.2, 0.25) is 0 Å². The van der Waals surface area contributed by atoms with E-state index < -0.39 is 24.2 Å². The van der Waals surface area contributed by atoms with E-state index >= 15 is 0 Å². The number of thiophene rings is 1. The van der Waals surface area contributed by atoms with Crippen molar-refractivity contribution in [1.82, 2.24) is 10.2 Å². The predicted octanol–water partition coefficient (Wildman–Crippen LogP) is 0.127. The van der Waals surface area contributed by atoms with Gasteiger partial charge in [0.1, 0.15) is 18.2 Å². The molecule has 3 N–H and O–H groups in total. The zero-order chi connectivity index (χ0) is 15.7. The largest absolute Gasteiger partial charge is 0.388 e. The van der Waals surface area contributed by atoms with Gasteiger partial charge in [0.15, 0.2) is 0 Å². The average molecular weight is 312 g/mol. The van der Waals surface area contributed by atoms with Gasteiger partial charge in [-0.3, -0.25) is 9.59 Å². The number of β-amino-alcohol motifs (C(OH)–C–C–N with tert-alkyl or cyclic N) is 1. The van der Waals surface area contributed by atoms with E-state index in [9.17, 15) is 19.8 Å². The molecule has 1 aliphatic rings. The van der Waals surface area contributed by atoms with Gasteiger partial charge in [0.05, 0.1) is 11.4 Å². The second kappa shape index (κ2) is 6.13. The van der Waals surface area contributed by atoms with Gasteiger partial charge < -0.3 is 20.4 Å². The monoisotopic (exact) mass is 312 g/mol. The first-order chi connectivity index (χ1) is 9.81. The first-order valence-electron chi connectivity index (χ1n) is 6.85. The van der Waals surface area contributed by atoms with E-state index in [1.165, 1.54) is 16.2 Å². The summed E-state index contributed by atoms with van der Waals surface area (Å²) in [5.74, 6) is -0.789. The molecule has 2 heterocycles. The van der Waals surface area contributed by atoms with Gasteiger partial charge >= 0.3 is 0 Å². The van der Waals surface area contributed by atoms with Crippen LogP contribution in [0.4, 0.5) is 0 Å². The van der Waals surface area contributed by atoms with Crippen molar-refractivity contribution >= 4 is 23.2 Å². The van der Waals surface area contributed by atoms with Gasteiger partial charge in [0.2, 0.25) is 5.91 Å². The number of rotatable bonds is 3. The molecule has 1 aromatic heterocycles. The van der Waals surface area contributed by atoms with E-state index in [1.807, 2.05) is 13.0 Å². The number of aliphatic hydroxyl groups is 2. The summed E-state index contributed by atoms with van der Waals surface area (Å²) in [6.07, 6.45) is -2.38. The molecule has 21 heavy (non-hydrogen) atoms. The Labute approximate surface area is 127 Å². The Morgan fingerprint density at radius 1 is 1.38 bits per heavy atom. The highest BCUT2D eigenvalue weighted by Gasteiger charge is 2.46. The Balaban J connectivity index is 2.23. The van der Waals surface area contributed by atoms with Gasteiger partial charge in [0, 0.05) is 10.9 Å². The molecule has 3 atom stereocenters. The maximum Gasteiger partial charge on any atom is 0.264 e. The van der Waals surface area contributed by atoms with Crippen molar-refractivity contribution < 1.29 is 19.8 Å². The fraction of sp³-hybridized carbons (Fsp3) is 0.571. The summed E-state index contributed by atoms with van der Waals surface area (Å²) < 4.78 is 0. The average Bonchev–Trinajstić information content (AvgIpc) is 2.93. The number of nitrogens with zero attached hydrogens (tertiary/aromatic N) is 1. The number of likely N-dealkylation sites (tertiary alicyclic amines) is 1. The lowest BCUT2D eigenvalue weighted by atomic mass is 10.1. The second-order valence-electron chi connectivity index (χ2n) is 5.53. The van der Waals surface area contributed by atoms with Gasteiger partial charge in [-0.25, -0.2) is 0 Å². The highest BCUT2D eigenvalue weighted by molar-refractivity contribution is 7.13. The van der Waals surface area contributed by atoms with Gasteiger partial charge in [-0.2, -0.15) is 0 Å². The lowest BCUT2D eigenvalue weighted by Crippen LogP contribution is -2.51. The molecule has 6 nitrogen and oxygen atoms in total. The number of nitrogens with one attached hydrogen (secondary N) is 1. The van der Waals surface area contributed by atoms with Gasteiger partial charge in [-0.15, -0.1) is 11.3 Å². The zero-order valence-electron chi connectivity index (χ0n) is 12.2. The summed E-state index contributed by atoms with van der Waals surface area (Å²) in [5, 5.41) is 22.5. The normalized spacial score (nSPS) is 25.4. The molecule has 0 saturated carbocycles. The first kappa shape index (κ1) is 15.9. The molecule has 1 saturated heterocycles. The lowest BCUT2D eigenvalue weighted by molar-refractivity contribution is -0.128. The topological polar surface area (TPSA) is 89.9 Å². The molecule has 0 spiro atoms. The van der Waals surface area contributed by atoms with Crippen LogP contribution in [0.25, 0.3) is 0 Å². The number of aliphatic hydroxyl groups excluding tert-OH is 2.